The van der Waals surface area contributed by atoms with Gasteiger partial charge in [0.1, 0.15) is 5.82 Å². The lowest BCUT2D eigenvalue weighted by Crippen LogP contribution is -2.06. The number of hydrogen-bond donors (Lipinski definition) is 1. The van der Waals surface area contributed by atoms with Crippen LogP contribution in [0.15, 0.2) is 18.2 Å². The molecule has 0 saturated heterocycles. The van der Waals surface area contributed by atoms with Crippen LogP contribution >= 0.6 is 11.5 Å². The largest absolute Gasteiger partial charge is 0.454 e. The third kappa shape index (κ3) is 3.25. The minimum atomic E-state index is 0.114. The van der Waals surface area contributed by atoms with Crippen LogP contribution in [0.2, 0.25) is 0 Å². The van der Waals surface area contributed by atoms with Crippen LogP contribution in [0, 0.1) is 0 Å². The van der Waals surface area contributed by atoms with E-state index in [4.69, 9.17) is 14.2 Å². The van der Waals surface area contributed by atoms with Crippen LogP contribution in [-0.4, -0.2) is 29.9 Å². The van der Waals surface area contributed by atoms with Gasteiger partial charge in [0.05, 0.1) is 12.6 Å². The van der Waals surface area contributed by atoms with Gasteiger partial charge in [0.15, 0.2) is 11.5 Å². The molecule has 0 amide bonds. The number of hydrogen-bond acceptors (Lipinski definition) is 7. The second kappa shape index (κ2) is 6.28. The number of ether oxygens (including phenoxy) is 3. The van der Waals surface area contributed by atoms with Gasteiger partial charge in [-0.2, -0.15) is 4.37 Å². The monoisotopic (exact) mass is 307 g/mol. The van der Waals surface area contributed by atoms with Gasteiger partial charge < -0.3 is 19.5 Å². The number of fused-ring (bicyclic) bond motifs is 1. The van der Waals surface area contributed by atoms with Crippen molar-refractivity contribution < 1.29 is 14.2 Å². The summed E-state index contributed by atoms with van der Waals surface area (Å²) in [7, 11) is 1.67. The second-order valence-corrected chi connectivity index (χ2v) is 5.49. The lowest BCUT2D eigenvalue weighted by atomic mass is 10.1. The minimum absolute atomic E-state index is 0.114. The average Bonchev–Trinajstić information content (AvgIpc) is 3.12. The maximum Gasteiger partial charge on any atom is 0.231 e. The summed E-state index contributed by atoms with van der Waals surface area (Å²) in [5, 5.41) is 4.17. The van der Waals surface area contributed by atoms with Crippen molar-refractivity contribution in [1.82, 2.24) is 9.36 Å². The zero-order valence-electron chi connectivity index (χ0n) is 12.0. The normalized spacial score (nSPS) is 14.2. The van der Waals surface area contributed by atoms with Crippen molar-refractivity contribution in [3.05, 3.63) is 29.6 Å². The Balaban J connectivity index is 1.65. The van der Waals surface area contributed by atoms with E-state index in [2.05, 4.69) is 21.6 Å². The predicted molar refractivity (Wildman–Crippen MR) is 80.1 cm³/mol. The van der Waals surface area contributed by atoms with E-state index in [1.165, 1.54) is 11.5 Å². The van der Waals surface area contributed by atoms with Crippen LogP contribution in [0.25, 0.3) is 0 Å². The number of rotatable bonds is 6. The van der Waals surface area contributed by atoms with Gasteiger partial charge in [-0.3, -0.25) is 0 Å². The van der Waals surface area contributed by atoms with Crippen molar-refractivity contribution in [2.75, 3.05) is 25.8 Å². The molecular formula is C14H17N3O3S. The van der Waals surface area contributed by atoms with Crippen molar-refractivity contribution in [3.8, 4) is 11.5 Å². The molecule has 0 radical (unpaired) electrons. The highest BCUT2D eigenvalue weighted by Crippen LogP contribution is 2.34. The molecule has 6 nitrogen and oxygen atoms in total. The summed E-state index contributed by atoms with van der Waals surface area (Å²) in [6, 6.07) is 6.06. The SMILES string of the molecule is COCCc1nsc(NC(C)c2ccc3c(c2)OCO3)n1. The molecule has 112 valence electrons. The fraction of sp³-hybridized carbons (Fsp3) is 0.429. The third-order valence-corrected chi connectivity index (χ3v) is 3.92. The number of nitrogens with one attached hydrogen (secondary N) is 1. The number of benzene rings is 1. The highest BCUT2D eigenvalue weighted by molar-refractivity contribution is 7.09. The molecule has 3 rings (SSSR count). The van der Waals surface area contributed by atoms with Gasteiger partial charge in [-0.05, 0) is 24.6 Å². The molecule has 7 heteroatoms. The van der Waals surface area contributed by atoms with E-state index in [0.717, 1.165) is 34.4 Å². The van der Waals surface area contributed by atoms with Crippen molar-refractivity contribution in [2.24, 2.45) is 0 Å². The molecule has 1 aliphatic heterocycles. The highest BCUT2D eigenvalue weighted by Gasteiger charge is 2.16. The molecule has 2 heterocycles. The van der Waals surface area contributed by atoms with E-state index < -0.39 is 0 Å². The number of nitrogens with zero attached hydrogens (tertiary/aromatic N) is 2. The van der Waals surface area contributed by atoms with Crippen LogP contribution in [0.3, 0.4) is 0 Å². The van der Waals surface area contributed by atoms with Crippen molar-refractivity contribution in [3.63, 3.8) is 0 Å². The van der Waals surface area contributed by atoms with Crippen LogP contribution < -0.4 is 14.8 Å². The van der Waals surface area contributed by atoms with Crippen LogP contribution in [0.4, 0.5) is 5.13 Å². The highest BCUT2D eigenvalue weighted by atomic mass is 32.1. The Morgan fingerprint density at radius 1 is 1.38 bits per heavy atom. The minimum Gasteiger partial charge on any atom is -0.454 e. The first kappa shape index (κ1) is 14.1. The first-order valence-electron chi connectivity index (χ1n) is 6.74. The molecule has 1 aromatic heterocycles. The summed E-state index contributed by atoms with van der Waals surface area (Å²) in [4.78, 5) is 4.45. The Labute approximate surface area is 127 Å². The zero-order valence-corrected chi connectivity index (χ0v) is 12.8. The van der Waals surface area contributed by atoms with E-state index in [-0.39, 0.29) is 6.04 Å². The number of anilines is 1. The first-order chi connectivity index (χ1) is 10.3. The number of methoxy groups -OCH3 is 1. The standard InChI is InChI=1S/C14H17N3O3S/c1-9(10-3-4-11-12(7-10)20-8-19-11)15-14-16-13(17-21-14)5-6-18-2/h3-4,7,9H,5-6,8H2,1-2H3,(H,15,16,17). The van der Waals surface area contributed by atoms with Crippen LogP contribution in [0.5, 0.6) is 11.5 Å². The van der Waals surface area contributed by atoms with E-state index in [1.807, 2.05) is 18.2 Å². The van der Waals surface area contributed by atoms with Gasteiger partial charge in [-0.1, -0.05) is 6.07 Å². The van der Waals surface area contributed by atoms with Crippen molar-refractivity contribution in [1.29, 1.82) is 0 Å². The molecule has 2 aromatic rings. The van der Waals surface area contributed by atoms with E-state index in [0.29, 0.717) is 13.4 Å². The Morgan fingerprint density at radius 2 is 2.24 bits per heavy atom. The smallest absolute Gasteiger partial charge is 0.231 e. The molecule has 0 bridgehead atoms. The molecule has 1 unspecified atom stereocenters. The zero-order chi connectivity index (χ0) is 14.7. The average molecular weight is 307 g/mol. The van der Waals surface area contributed by atoms with Crippen molar-refractivity contribution in [2.45, 2.75) is 19.4 Å². The van der Waals surface area contributed by atoms with Gasteiger partial charge in [-0.15, -0.1) is 0 Å². The molecular weight excluding hydrogens is 290 g/mol. The Morgan fingerprint density at radius 3 is 3.10 bits per heavy atom. The molecule has 1 aromatic carbocycles. The van der Waals surface area contributed by atoms with Crippen LogP contribution in [0.1, 0.15) is 24.4 Å². The van der Waals surface area contributed by atoms with Gasteiger partial charge in [0.25, 0.3) is 0 Å². The lowest BCUT2D eigenvalue weighted by molar-refractivity contribution is 0.174. The topological polar surface area (TPSA) is 65.5 Å². The fourth-order valence-electron chi connectivity index (χ4n) is 2.06. The lowest BCUT2D eigenvalue weighted by Gasteiger charge is -2.13. The van der Waals surface area contributed by atoms with Gasteiger partial charge in [0, 0.05) is 25.1 Å². The Bertz CT molecular complexity index is 617. The van der Waals surface area contributed by atoms with Gasteiger partial charge in [0.2, 0.25) is 11.9 Å². The molecule has 0 fully saturated rings. The Kier molecular flexibility index (Phi) is 4.21. The second-order valence-electron chi connectivity index (χ2n) is 4.74. The van der Waals surface area contributed by atoms with Gasteiger partial charge >= 0.3 is 0 Å². The fourth-order valence-corrected chi connectivity index (χ4v) is 2.76. The maximum atomic E-state index is 5.40. The summed E-state index contributed by atoms with van der Waals surface area (Å²) in [6.45, 7) is 3.00. The van der Waals surface area contributed by atoms with Crippen LogP contribution in [-0.2, 0) is 11.2 Å². The van der Waals surface area contributed by atoms with E-state index in [1.54, 1.807) is 7.11 Å². The first-order valence-corrected chi connectivity index (χ1v) is 7.51. The summed E-state index contributed by atoms with van der Waals surface area (Å²) in [6.07, 6.45) is 0.729. The third-order valence-electron chi connectivity index (χ3n) is 3.23. The van der Waals surface area contributed by atoms with E-state index in [9.17, 15) is 0 Å². The summed E-state index contributed by atoms with van der Waals surface area (Å²) in [5.74, 6) is 2.39. The number of aromatic nitrogens is 2. The molecule has 1 N–H and O–H groups in total. The molecule has 1 aliphatic rings. The maximum absolute atomic E-state index is 5.40. The summed E-state index contributed by atoms with van der Waals surface area (Å²) in [5.41, 5.74) is 1.12. The van der Waals surface area contributed by atoms with E-state index >= 15 is 0 Å². The van der Waals surface area contributed by atoms with Crippen molar-refractivity contribution >= 4 is 16.7 Å². The molecule has 0 saturated carbocycles. The van der Waals surface area contributed by atoms with Gasteiger partial charge in [-0.25, -0.2) is 4.98 Å². The quantitative estimate of drug-likeness (QED) is 0.885. The molecule has 0 spiro atoms. The molecule has 1 atom stereocenters. The summed E-state index contributed by atoms with van der Waals surface area (Å²) >= 11 is 1.36. The predicted octanol–water partition coefficient (Wildman–Crippen LogP) is 2.63. The molecule has 21 heavy (non-hydrogen) atoms. The summed E-state index contributed by atoms with van der Waals surface area (Å²) < 4.78 is 20.0. The molecule has 0 aliphatic carbocycles. The Hall–Kier alpha value is -1.86.